The maximum absolute atomic E-state index is 10.6. The molecule has 0 saturated heterocycles. The fourth-order valence-corrected chi connectivity index (χ4v) is 4.57. The van der Waals surface area contributed by atoms with Crippen LogP contribution in [0.4, 0.5) is 0 Å². The van der Waals surface area contributed by atoms with E-state index in [2.05, 4.69) is 0 Å². The van der Waals surface area contributed by atoms with Gasteiger partial charge in [-0.15, -0.1) is 24.0 Å². The van der Waals surface area contributed by atoms with Crippen molar-refractivity contribution in [1.29, 1.82) is 0 Å². The van der Waals surface area contributed by atoms with Crippen molar-refractivity contribution in [1.82, 2.24) is 0 Å². The molecule has 0 aromatic heterocycles. The minimum atomic E-state index is -3.23. The van der Waals surface area contributed by atoms with E-state index < -0.39 is 15.1 Å². The first-order valence-electron chi connectivity index (χ1n) is 2.72. The third kappa shape index (κ3) is 12.0. The van der Waals surface area contributed by atoms with E-state index in [1.165, 1.54) is 6.66 Å². The van der Waals surface area contributed by atoms with Gasteiger partial charge in [-0.3, -0.25) is 0 Å². The van der Waals surface area contributed by atoms with Gasteiger partial charge in [0, 0.05) is 0 Å². The summed E-state index contributed by atoms with van der Waals surface area (Å²) in [5.41, 5.74) is 0. The molecule has 6 heteroatoms. The molecular weight excluding hydrogens is 285 g/mol. The van der Waals surface area contributed by atoms with E-state index in [0.717, 1.165) is 0 Å². The molecule has 0 aliphatic carbocycles. The third-order valence-corrected chi connectivity index (χ3v) is 3.99. The maximum Gasteiger partial charge on any atom is -0.107 e. The SMILES string of the molecule is CP(=O)(O)O[PH](C)(C)C.I. The van der Waals surface area contributed by atoms with Crippen LogP contribution in [-0.2, 0) is 8.88 Å². The first-order chi connectivity index (χ1) is 3.71. The molecule has 1 atom stereocenters. The molecule has 1 unspecified atom stereocenters. The minimum absolute atomic E-state index is 0. The van der Waals surface area contributed by atoms with Crippen LogP contribution in [0.1, 0.15) is 0 Å². The average Bonchev–Trinajstić information content (AvgIpc) is 1.14. The summed E-state index contributed by atoms with van der Waals surface area (Å²) < 4.78 is 15.5. The fourth-order valence-electron chi connectivity index (χ4n) is 0.508. The Balaban J connectivity index is 0. The molecule has 0 aromatic rings. The van der Waals surface area contributed by atoms with Crippen LogP contribution in [0.2, 0.25) is 0 Å². The van der Waals surface area contributed by atoms with Crippen LogP contribution < -0.4 is 0 Å². The Labute approximate surface area is 79.5 Å². The first kappa shape index (κ1) is 13.9. The minimum Gasteiger partial charge on any atom is -0.107 e. The summed E-state index contributed by atoms with van der Waals surface area (Å²) in [4.78, 5) is 8.72. The van der Waals surface area contributed by atoms with Crippen LogP contribution in [-0.4, -0.2) is 31.6 Å². The summed E-state index contributed by atoms with van der Waals surface area (Å²) in [7, 11) is -5.03. The summed E-state index contributed by atoms with van der Waals surface area (Å²) in [5.74, 6) is 0. The number of hydrogen-bond donors (Lipinski definition) is 1. The molecule has 10 heavy (non-hydrogen) atoms. The number of halogens is 1. The van der Waals surface area contributed by atoms with Gasteiger partial charge in [0.25, 0.3) is 0 Å². The third-order valence-electron chi connectivity index (χ3n) is 0.443. The second kappa shape index (κ2) is 4.36. The summed E-state index contributed by atoms with van der Waals surface area (Å²) in [5, 5.41) is 0. The standard InChI is InChI=1S/C4H14O3P2.HI/c1-8(2,3)7-9(4,5)6;/h8H,1-4H3,(H,5,6);1H. The Morgan fingerprint density at radius 1 is 1.40 bits per heavy atom. The molecule has 0 saturated carbocycles. The van der Waals surface area contributed by atoms with Gasteiger partial charge in [-0.05, 0) is 0 Å². The van der Waals surface area contributed by atoms with Crippen molar-refractivity contribution >= 4 is 39.1 Å². The zero-order valence-electron chi connectivity index (χ0n) is 6.62. The van der Waals surface area contributed by atoms with Crippen molar-refractivity contribution in [3.05, 3.63) is 0 Å². The van der Waals surface area contributed by atoms with Crippen molar-refractivity contribution in [2.45, 2.75) is 0 Å². The normalized spacial score (nSPS) is 18.9. The largest absolute Gasteiger partial charge is 0.107 e. The van der Waals surface area contributed by atoms with Gasteiger partial charge in [-0.25, -0.2) is 0 Å². The van der Waals surface area contributed by atoms with Gasteiger partial charge in [0.15, 0.2) is 0 Å². The molecule has 0 heterocycles. The van der Waals surface area contributed by atoms with Crippen molar-refractivity contribution in [3.63, 3.8) is 0 Å². The molecule has 66 valence electrons. The van der Waals surface area contributed by atoms with E-state index in [-0.39, 0.29) is 24.0 Å². The summed E-state index contributed by atoms with van der Waals surface area (Å²) in [6.45, 7) is 6.84. The average molecular weight is 300 g/mol. The van der Waals surface area contributed by atoms with Gasteiger partial charge in [0.2, 0.25) is 0 Å². The van der Waals surface area contributed by atoms with Gasteiger partial charge >= 0.3 is 55.5 Å². The Morgan fingerprint density at radius 3 is 1.70 bits per heavy atom. The van der Waals surface area contributed by atoms with Crippen LogP contribution in [0.3, 0.4) is 0 Å². The monoisotopic (exact) mass is 300 g/mol. The zero-order chi connectivity index (χ0) is 7.71. The molecule has 0 aromatic carbocycles. The van der Waals surface area contributed by atoms with Gasteiger partial charge in [-0.2, -0.15) is 0 Å². The van der Waals surface area contributed by atoms with Crippen LogP contribution in [0.5, 0.6) is 0 Å². The molecule has 3 nitrogen and oxygen atoms in total. The molecule has 1 N–H and O–H groups in total. The molecule has 0 bridgehead atoms. The van der Waals surface area contributed by atoms with Crippen molar-refractivity contribution in [2.75, 3.05) is 26.7 Å². The van der Waals surface area contributed by atoms with E-state index in [1.54, 1.807) is 0 Å². The van der Waals surface area contributed by atoms with E-state index in [0.29, 0.717) is 0 Å². The van der Waals surface area contributed by atoms with Crippen LogP contribution in [0.15, 0.2) is 0 Å². The second-order valence-corrected chi connectivity index (χ2v) is 9.57. The van der Waals surface area contributed by atoms with Crippen molar-refractivity contribution in [3.8, 4) is 0 Å². The summed E-state index contributed by atoms with van der Waals surface area (Å²) in [6, 6.07) is 0. The van der Waals surface area contributed by atoms with Gasteiger partial charge in [-0.1, -0.05) is 0 Å². The number of rotatable bonds is 2. The second-order valence-electron chi connectivity index (χ2n) is 3.01. The quantitative estimate of drug-likeness (QED) is 0.626. The smallest absolute Gasteiger partial charge is 0.107 e. The predicted octanol–water partition coefficient (Wildman–Crippen LogP) is 1.99. The van der Waals surface area contributed by atoms with Crippen molar-refractivity contribution < 1.29 is 13.8 Å². The van der Waals surface area contributed by atoms with E-state index in [1.807, 2.05) is 20.0 Å². The van der Waals surface area contributed by atoms with Crippen LogP contribution >= 0.6 is 39.1 Å². The molecule has 0 aliphatic rings. The zero-order valence-corrected chi connectivity index (χ0v) is 10.8. The molecule has 0 amide bonds. The van der Waals surface area contributed by atoms with Crippen molar-refractivity contribution in [2.24, 2.45) is 0 Å². The Bertz CT molecular complexity index is 136. The summed E-state index contributed by atoms with van der Waals surface area (Å²) in [6.07, 6.45) is 0. The fraction of sp³-hybridized carbons (Fsp3) is 1.00. The molecule has 0 rings (SSSR count). The molecular formula is C4H15IO3P2. The van der Waals surface area contributed by atoms with E-state index >= 15 is 0 Å². The topological polar surface area (TPSA) is 46.5 Å². The van der Waals surface area contributed by atoms with Gasteiger partial charge in [0.05, 0.1) is 0 Å². The Hall–Kier alpha value is 1.31. The molecule has 0 spiro atoms. The number of hydrogen-bond acceptors (Lipinski definition) is 2. The van der Waals surface area contributed by atoms with Crippen LogP contribution in [0.25, 0.3) is 0 Å². The van der Waals surface area contributed by atoms with Gasteiger partial charge < -0.3 is 0 Å². The summed E-state index contributed by atoms with van der Waals surface area (Å²) >= 11 is 0. The van der Waals surface area contributed by atoms with Gasteiger partial charge in [0.1, 0.15) is 0 Å². The predicted molar refractivity (Wildman–Crippen MR) is 58.3 cm³/mol. The van der Waals surface area contributed by atoms with E-state index in [4.69, 9.17) is 9.20 Å². The molecule has 0 aliphatic heterocycles. The van der Waals surface area contributed by atoms with E-state index in [9.17, 15) is 4.57 Å². The Morgan fingerprint density at radius 2 is 1.70 bits per heavy atom. The first-order valence-corrected chi connectivity index (χ1v) is 8.15. The Kier molecular flexibility index (Phi) is 6.05. The maximum atomic E-state index is 10.6. The molecule has 0 radical (unpaired) electrons. The van der Waals surface area contributed by atoms with Crippen LogP contribution in [0, 0.1) is 0 Å². The molecule has 0 fully saturated rings.